The van der Waals surface area contributed by atoms with E-state index in [1.54, 1.807) is 17.0 Å². The number of amides is 1. The molecule has 1 unspecified atom stereocenters. The zero-order valence-corrected chi connectivity index (χ0v) is 21.5. The van der Waals surface area contributed by atoms with Crippen molar-refractivity contribution in [2.45, 2.75) is 36.7 Å². The Morgan fingerprint density at radius 2 is 1.82 bits per heavy atom. The Morgan fingerprint density at radius 1 is 1.11 bits per heavy atom. The van der Waals surface area contributed by atoms with Crippen molar-refractivity contribution in [3.05, 3.63) is 53.8 Å². The summed E-state index contributed by atoms with van der Waals surface area (Å²) < 4.78 is 68.2. The number of halogens is 1. The number of nitrogens with zero attached hydrogens (tertiary/aromatic N) is 2. The number of benzene rings is 2. The second-order valence-electron chi connectivity index (χ2n) is 10.2. The monoisotopic (exact) mass is 561 g/mol. The summed E-state index contributed by atoms with van der Waals surface area (Å²) in [7, 11) is -8.54. The third kappa shape index (κ3) is 4.16. The molecule has 200 valence electrons. The van der Waals surface area contributed by atoms with Crippen molar-refractivity contribution < 1.29 is 30.8 Å². The Labute approximate surface area is 218 Å². The lowest BCUT2D eigenvalue weighted by Gasteiger charge is -2.45. The number of Topliss-reactive ketones (excluding diaryl/α,β-unsaturated/α-hetero) is 1. The van der Waals surface area contributed by atoms with E-state index in [0.29, 0.717) is 5.56 Å². The van der Waals surface area contributed by atoms with Crippen molar-refractivity contribution >= 4 is 49.1 Å². The molecule has 2 bridgehead atoms. The molecule has 2 saturated carbocycles. The highest BCUT2D eigenvalue weighted by atomic mass is 32.2. The number of sulfonamides is 1. The predicted octanol–water partition coefficient (Wildman–Crippen LogP) is 1.60. The molecule has 1 amide bonds. The second-order valence-corrected chi connectivity index (χ2v) is 13.1. The van der Waals surface area contributed by atoms with Crippen LogP contribution in [0, 0.1) is 29.5 Å². The minimum absolute atomic E-state index is 0.0516. The van der Waals surface area contributed by atoms with Crippen molar-refractivity contribution in [2.24, 2.45) is 33.2 Å². The van der Waals surface area contributed by atoms with E-state index in [-0.39, 0.29) is 52.3 Å². The van der Waals surface area contributed by atoms with Gasteiger partial charge in [-0.05, 0) is 67.0 Å². The highest BCUT2D eigenvalue weighted by Crippen LogP contribution is 2.54. The molecule has 2 aliphatic heterocycles. The van der Waals surface area contributed by atoms with Gasteiger partial charge in [-0.2, -0.15) is 16.8 Å². The quantitative estimate of drug-likeness (QED) is 0.466. The minimum atomic E-state index is -4.39. The maximum atomic E-state index is 13.9. The molecule has 4 N–H and O–H groups in total. The summed E-state index contributed by atoms with van der Waals surface area (Å²) in [4.78, 5) is 29.0. The molecule has 2 heterocycles. The van der Waals surface area contributed by atoms with Crippen LogP contribution in [0.3, 0.4) is 0 Å². The third-order valence-corrected chi connectivity index (χ3v) is 9.77. The molecule has 6 rings (SSSR count). The predicted molar refractivity (Wildman–Crippen MR) is 135 cm³/mol. The zero-order valence-electron chi connectivity index (χ0n) is 19.9. The number of piperidine rings is 1. The fourth-order valence-corrected chi connectivity index (χ4v) is 8.13. The fourth-order valence-electron chi connectivity index (χ4n) is 6.49. The smallest absolute Gasteiger partial charge is 0.296 e. The summed E-state index contributed by atoms with van der Waals surface area (Å²) in [6.45, 7) is 0.159. The Bertz CT molecular complexity index is 1610. The van der Waals surface area contributed by atoms with Crippen LogP contribution in [0.4, 0.5) is 15.8 Å². The van der Waals surface area contributed by atoms with Crippen molar-refractivity contribution in [3.63, 3.8) is 0 Å². The van der Waals surface area contributed by atoms with Gasteiger partial charge in [0.2, 0.25) is 5.91 Å². The molecule has 14 heteroatoms. The van der Waals surface area contributed by atoms with Crippen LogP contribution in [-0.2, 0) is 36.4 Å². The van der Waals surface area contributed by atoms with Gasteiger partial charge in [-0.15, -0.1) is 4.40 Å². The number of nitrogens with one attached hydrogen (secondary N) is 2. The van der Waals surface area contributed by atoms with Crippen LogP contribution >= 0.6 is 0 Å². The molecule has 1 saturated heterocycles. The van der Waals surface area contributed by atoms with E-state index < -0.39 is 43.8 Å². The van der Waals surface area contributed by atoms with Gasteiger partial charge in [0.15, 0.2) is 11.7 Å². The normalized spacial score (nSPS) is 29.4. The van der Waals surface area contributed by atoms with E-state index in [1.165, 1.54) is 24.3 Å². The molecule has 11 nitrogen and oxygen atoms in total. The molecule has 4 aliphatic rings. The lowest BCUT2D eigenvalue weighted by Crippen LogP contribution is -2.61. The topological polar surface area (TPSA) is 168 Å². The van der Waals surface area contributed by atoms with Gasteiger partial charge in [-0.1, -0.05) is 12.1 Å². The first-order valence-electron chi connectivity index (χ1n) is 12.1. The summed E-state index contributed by atoms with van der Waals surface area (Å²) in [5.74, 6) is -3.20. The van der Waals surface area contributed by atoms with Gasteiger partial charge in [-0.25, -0.2) is 9.53 Å². The highest BCUT2D eigenvalue weighted by Gasteiger charge is 2.60. The Hall–Kier alpha value is -3.36. The number of anilines is 2. The molecule has 2 aliphatic carbocycles. The van der Waals surface area contributed by atoms with Crippen LogP contribution in [0.15, 0.2) is 51.8 Å². The first-order valence-corrected chi connectivity index (χ1v) is 15.0. The molecule has 2 aromatic carbocycles. The van der Waals surface area contributed by atoms with Crippen LogP contribution in [0.1, 0.15) is 24.8 Å². The summed E-state index contributed by atoms with van der Waals surface area (Å²) in [5.41, 5.74) is 0.659. The largest absolute Gasteiger partial charge is 0.341 e. The Morgan fingerprint density at radius 3 is 2.53 bits per heavy atom. The Kier molecular flexibility index (Phi) is 5.63. The number of rotatable bonds is 5. The van der Waals surface area contributed by atoms with Gasteiger partial charge in [0, 0.05) is 18.5 Å². The Balaban J connectivity index is 1.37. The molecule has 5 atom stereocenters. The van der Waals surface area contributed by atoms with Gasteiger partial charge >= 0.3 is 0 Å². The number of carbonyl (C=O) groups excluding carboxylic acids is 2. The number of fused-ring (bicyclic) bond motifs is 6. The van der Waals surface area contributed by atoms with Crippen LogP contribution < -0.4 is 15.2 Å². The molecule has 0 aromatic heterocycles. The second kappa shape index (κ2) is 8.58. The van der Waals surface area contributed by atoms with Crippen LogP contribution in [-0.4, -0.2) is 45.3 Å². The molecular weight excluding hydrogens is 537 g/mol. The van der Waals surface area contributed by atoms with Crippen molar-refractivity contribution in [3.8, 4) is 0 Å². The van der Waals surface area contributed by atoms with E-state index in [9.17, 15) is 30.8 Å². The summed E-state index contributed by atoms with van der Waals surface area (Å²) in [5, 5.41) is 7.81. The van der Waals surface area contributed by atoms with E-state index in [4.69, 9.17) is 5.14 Å². The fraction of sp³-hybridized carbons (Fsp3) is 0.375. The first-order chi connectivity index (χ1) is 17.9. The van der Waals surface area contributed by atoms with Gasteiger partial charge in [-0.3, -0.25) is 14.3 Å². The number of likely N-dealkylation sites (tertiary alicyclic amines) is 1. The maximum absolute atomic E-state index is 13.9. The van der Waals surface area contributed by atoms with E-state index in [0.717, 1.165) is 25.3 Å². The van der Waals surface area contributed by atoms with Gasteiger partial charge in [0.25, 0.3) is 20.2 Å². The average Bonchev–Trinajstić information content (AvgIpc) is 3.45. The van der Waals surface area contributed by atoms with E-state index in [2.05, 4.69) is 9.71 Å². The number of ketones is 1. The average molecular weight is 562 g/mol. The van der Waals surface area contributed by atoms with Crippen LogP contribution in [0.25, 0.3) is 0 Å². The van der Waals surface area contributed by atoms with Crippen molar-refractivity contribution in [1.29, 1.82) is 0 Å². The maximum Gasteiger partial charge on any atom is 0.296 e. The van der Waals surface area contributed by atoms with Crippen molar-refractivity contribution in [2.75, 3.05) is 10.0 Å². The summed E-state index contributed by atoms with van der Waals surface area (Å²) in [6.07, 6.45) is 2.60. The van der Waals surface area contributed by atoms with Gasteiger partial charge in [0.1, 0.15) is 16.5 Å². The third-order valence-electron chi connectivity index (χ3n) is 7.92. The van der Waals surface area contributed by atoms with Crippen molar-refractivity contribution in [1.82, 2.24) is 4.90 Å². The van der Waals surface area contributed by atoms with E-state index >= 15 is 0 Å². The number of carbonyl (C=O) groups is 2. The SMILES string of the molecule is NS(=O)(=O)Nc1ccc2c(c1)S(=O)(=O)N=C(C1C(=O)[C@@H]3[C@H]4CC[C@H](C4)[C@@H]3N(Cc3ccc(F)cc3)C1=O)N2. The molecular formula is C24H24FN5O6S2. The lowest BCUT2D eigenvalue weighted by molar-refractivity contribution is -0.153. The van der Waals surface area contributed by atoms with Crippen LogP contribution in [0.2, 0.25) is 0 Å². The standard InChI is InChI=1S/C24H24FN5O6S2/c25-15-5-1-12(2-6-15)11-30-21-14-4-3-13(9-14)19(21)22(31)20(24(30)32)23-27-17-8-7-16(28-38(26,35)36)10-18(17)37(33,34)29-23/h1-2,5-8,10,13-14,19-21,28H,3-4,9,11H2,(H,27,29)(H2,26,35,36)/t13-,14+,19+,20?,21-/m0/s1. The van der Waals surface area contributed by atoms with E-state index in [1.807, 2.05) is 4.72 Å². The van der Waals surface area contributed by atoms with Gasteiger partial charge in [0.05, 0.1) is 11.4 Å². The number of nitrogens with two attached hydrogens (primary N) is 1. The molecule has 38 heavy (non-hydrogen) atoms. The van der Waals surface area contributed by atoms with Crippen LogP contribution in [0.5, 0.6) is 0 Å². The lowest BCUT2D eigenvalue weighted by atomic mass is 9.73. The molecule has 3 fully saturated rings. The number of amidine groups is 1. The summed E-state index contributed by atoms with van der Waals surface area (Å²) in [6, 6.07) is 9.14. The minimum Gasteiger partial charge on any atom is -0.341 e. The molecule has 2 aromatic rings. The first kappa shape index (κ1) is 24.9. The summed E-state index contributed by atoms with van der Waals surface area (Å²) >= 11 is 0. The number of hydrogen-bond acceptors (Lipinski definition) is 7. The zero-order chi connectivity index (χ0) is 27.0. The molecule has 0 radical (unpaired) electrons. The number of hydrogen-bond donors (Lipinski definition) is 3. The molecule has 0 spiro atoms. The highest BCUT2D eigenvalue weighted by molar-refractivity contribution is 7.91. The van der Waals surface area contributed by atoms with Gasteiger partial charge < -0.3 is 10.2 Å².